The lowest BCUT2D eigenvalue weighted by Gasteiger charge is -2.36. The molecule has 3 aromatic carbocycles. The van der Waals surface area contributed by atoms with Gasteiger partial charge in [-0.3, -0.25) is 4.79 Å². The molecule has 0 N–H and O–H groups in total. The molecular formula is C31H36O5. The van der Waals surface area contributed by atoms with Gasteiger partial charge in [-0.1, -0.05) is 103 Å². The van der Waals surface area contributed by atoms with Crippen molar-refractivity contribution in [3.63, 3.8) is 0 Å². The third kappa shape index (κ3) is 7.62. The highest BCUT2D eigenvalue weighted by Gasteiger charge is 2.37. The quantitative estimate of drug-likeness (QED) is 0.0847. The number of methoxy groups -OCH3 is 1. The van der Waals surface area contributed by atoms with E-state index in [0.29, 0.717) is 26.2 Å². The Balaban J connectivity index is 1.80. The van der Waals surface area contributed by atoms with Crippen molar-refractivity contribution >= 4 is 5.97 Å². The van der Waals surface area contributed by atoms with Gasteiger partial charge in [-0.05, 0) is 30.0 Å². The minimum absolute atomic E-state index is 0.0960. The first-order chi connectivity index (χ1) is 17.7. The first-order valence-corrected chi connectivity index (χ1v) is 12.4. The zero-order valence-electron chi connectivity index (χ0n) is 21.2. The maximum absolute atomic E-state index is 12.0. The van der Waals surface area contributed by atoms with Crippen molar-refractivity contribution in [2.24, 2.45) is 5.92 Å². The molecule has 0 heterocycles. The molecule has 5 nitrogen and oxygen atoms in total. The molecule has 0 fully saturated rings. The zero-order valence-corrected chi connectivity index (χ0v) is 21.2. The smallest absolute Gasteiger partial charge is 0.306 e. The van der Waals surface area contributed by atoms with E-state index in [2.05, 4.69) is 36.4 Å². The van der Waals surface area contributed by atoms with E-state index in [1.165, 1.54) is 0 Å². The van der Waals surface area contributed by atoms with Crippen molar-refractivity contribution in [1.29, 1.82) is 0 Å². The molecule has 5 heteroatoms. The number of rotatable bonds is 15. The number of carbonyl (C=O) groups is 1. The first-order valence-electron chi connectivity index (χ1n) is 12.4. The summed E-state index contributed by atoms with van der Waals surface area (Å²) in [6.07, 6.45) is 4.99. The molecule has 0 radical (unpaired) electrons. The van der Waals surface area contributed by atoms with Crippen molar-refractivity contribution in [3.05, 3.63) is 120 Å². The van der Waals surface area contributed by atoms with Crippen LogP contribution < -0.4 is 0 Å². The van der Waals surface area contributed by atoms with Crippen molar-refractivity contribution in [2.45, 2.75) is 25.4 Å². The minimum Gasteiger partial charge on any atom is -0.466 e. The fourth-order valence-corrected chi connectivity index (χ4v) is 4.24. The van der Waals surface area contributed by atoms with Crippen molar-refractivity contribution in [2.75, 3.05) is 33.7 Å². The van der Waals surface area contributed by atoms with E-state index in [0.717, 1.165) is 16.7 Å². The highest BCUT2D eigenvalue weighted by Crippen LogP contribution is 2.40. The number of esters is 1. The van der Waals surface area contributed by atoms with E-state index < -0.39 is 5.60 Å². The summed E-state index contributed by atoms with van der Waals surface area (Å²) in [6, 6.07) is 31.0. The number of hydrogen-bond acceptors (Lipinski definition) is 5. The molecule has 3 aromatic rings. The van der Waals surface area contributed by atoms with Gasteiger partial charge in [0.05, 0.1) is 26.2 Å². The average Bonchev–Trinajstić information content (AvgIpc) is 2.92. The Labute approximate surface area is 214 Å². The monoisotopic (exact) mass is 488 g/mol. The summed E-state index contributed by atoms with van der Waals surface area (Å²) < 4.78 is 22.4. The van der Waals surface area contributed by atoms with E-state index in [4.69, 9.17) is 18.9 Å². The molecule has 0 amide bonds. The topological polar surface area (TPSA) is 54.0 Å². The number of hydrogen-bond donors (Lipinski definition) is 0. The largest absolute Gasteiger partial charge is 0.466 e. The maximum atomic E-state index is 12.0. The second-order valence-electron chi connectivity index (χ2n) is 8.39. The Hall–Kier alpha value is -3.25. The van der Waals surface area contributed by atoms with Crippen LogP contribution in [-0.4, -0.2) is 39.7 Å². The van der Waals surface area contributed by atoms with Crippen molar-refractivity contribution in [1.82, 2.24) is 0 Å². The number of benzene rings is 3. The van der Waals surface area contributed by atoms with Crippen LogP contribution in [0.2, 0.25) is 0 Å². The summed E-state index contributed by atoms with van der Waals surface area (Å²) in [5.74, 6) is -0.331. The summed E-state index contributed by atoms with van der Waals surface area (Å²) in [7, 11) is 1.58. The Kier molecular flexibility index (Phi) is 11.4. The fourth-order valence-electron chi connectivity index (χ4n) is 4.24. The van der Waals surface area contributed by atoms with Crippen LogP contribution in [-0.2, 0) is 29.3 Å². The van der Waals surface area contributed by atoms with Gasteiger partial charge in [0, 0.05) is 13.0 Å². The van der Waals surface area contributed by atoms with Crippen LogP contribution in [0.3, 0.4) is 0 Å². The van der Waals surface area contributed by atoms with Crippen LogP contribution >= 0.6 is 0 Å². The van der Waals surface area contributed by atoms with Crippen molar-refractivity contribution in [3.8, 4) is 0 Å². The van der Waals surface area contributed by atoms with Gasteiger partial charge < -0.3 is 18.9 Å². The molecule has 0 spiro atoms. The van der Waals surface area contributed by atoms with Crippen LogP contribution in [0.15, 0.2) is 103 Å². The fraction of sp³-hybridized carbons (Fsp3) is 0.323. The van der Waals surface area contributed by atoms with Crippen LogP contribution in [0.4, 0.5) is 0 Å². The summed E-state index contributed by atoms with van der Waals surface area (Å²) in [4.78, 5) is 12.0. The maximum Gasteiger partial charge on any atom is 0.306 e. The number of ether oxygens (including phenoxy) is 4. The van der Waals surface area contributed by atoms with Gasteiger partial charge in [-0.25, -0.2) is 0 Å². The van der Waals surface area contributed by atoms with Crippen LogP contribution in [0.25, 0.3) is 0 Å². The molecule has 0 aliphatic carbocycles. The van der Waals surface area contributed by atoms with Crippen LogP contribution in [0.1, 0.15) is 36.5 Å². The standard InChI is InChI=1S/C31H36O5/c1-3-35-30(32)23-26(24-34-25-33-2)15-13-14-22-36-31(27-16-7-4-8-17-27,28-18-9-5-10-19-28)29-20-11-6-12-21-29/h4-13,15-21,26H,3,14,22-25H2,1-2H3/b15-13+/t26-/m0/s1. The van der Waals surface area contributed by atoms with Gasteiger partial charge in [0.15, 0.2) is 0 Å². The molecule has 36 heavy (non-hydrogen) atoms. The lowest BCUT2D eigenvalue weighted by atomic mass is 9.80. The molecular weight excluding hydrogens is 452 g/mol. The van der Waals surface area contributed by atoms with Gasteiger partial charge in [0.25, 0.3) is 0 Å². The highest BCUT2D eigenvalue weighted by molar-refractivity contribution is 5.69. The molecule has 0 aliphatic rings. The minimum atomic E-state index is -0.746. The molecule has 0 aliphatic heterocycles. The SMILES string of the molecule is CCOC(=O)C[C@H](/C=C/CCOC(c1ccccc1)(c1ccccc1)c1ccccc1)COCOC. The third-order valence-electron chi connectivity index (χ3n) is 5.82. The Morgan fingerprint density at radius 1 is 0.861 bits per heavy atom. The average molecular weight is 489 g/mol. The molecule has 0 aromatic heterocycles. The van der Waals surface area contributed by atoms with Crippen LogP contribution in [0.5, 0.6) is 0 Å². The van der Waals surface area contributed by atoms with E-state index in [9.17, 15) is 4.79 Å². The van der Waals surface area contributed by atoms with Gasteiger partial charge in [-0.15, -0.1) is 0 Å². The second-order valence-corrected chi connectivity index (χ2v) is 8.39. The Morgan fingerprint density at radius 2 is 1.39 bits per heavy atom. The molecule has 0 saturated heterocycles. The van der Waals surface area contributed by atoms with Gasteiger partial charge in [-0.2, -0.15) is 0 Å². The summed E-state index contributed by atoms with van der Waals surface area (Å²) >= 11 is 0. The Morgan fingerprint density at radius 3 is 1.86 bits per heavy atom. The lowest BCUT2D eigenvalue weighted by Crippen LogP contribution is -2.33. The lowest BCUT2D eigenvalue weighted by molar-refractivity contribution is -0.144. The molecule has 1 atom stereocenters. The van der Waals surface area contributed by atoms with Crippen molar-refractivity contribution < 1.29 is 23.7 Å². The highest BCUT2D eigenvalue weighted by atomic mass is 16.7. The molecule has 0 unspecified atom stereocenters. The Bertz CT molecular complexity index is 938. The van der Waals surface area contributed by atoms with Gasteiger partial charge >= 0.3 is 5.97 Å². The normalized spacial score (nSPS) is 12.5. The second kappa shape index (κ2) is 15.0. The number of carbonyl (C=O) groups excluding carboxylic acids is 1. The van der Waals surface area contributed by atoms with Gasteiger partial charge in [0.2, 0.25) is 0 Å². The van der Waals surface area contributed by atoms with Crippen LogP contribution in [0, 0.1) is 5.92 Å². The van der Waals surface area contributed by atoms with E-state index in [1.54, 1.807) is 14.0 Å². The predicted octanol–water partition coefficient (Wildman–Crippen LogP) is 6.13. The molecule has 0 saturated carbocycles. The summed E-state index contributed by atoms with van der Waals surface area (Å²) in [5, 5.41) is 0. The van der Waals surface area contributed by atoms with Gasteiger partial charge in [0.1, 0.15) is 12.4 Å². The summed E-state index contributed by atoms with van der Waals surface area (Å²) in [5.41, 5.74) is 2.46. The molecule has 3 rings (SSSR count). The molecule has 190 valence electrons. The predicted molar refractivity (Wildman–Crippen MR) is 141 cm³/mol. The zero-order chi connectivity index (χ0) is 25.5. The van der Waals surface area contributed by atoms with E-state index in [-0.39, 0.29) is 25.1 Å². The van der Waals surface area contributed by atoms with E-state index >= 15 is 0 Å². The summed E-state index contributed by atoms with van der Waals surface area (Å²) in [6.45, 7) is 3.22. The first kappa shape index (κ1) is 27.3. The third-order valence-corrected chi connectivity index (χ3v) is 5.82. The van der Waals surface area contributed by atoms with E-state index in [1.807, 2.05) is 66.7 Å². The molecule has 0 bridgehead atoms.